The summed E-state index contributed by atoms with van der Waals surface area (Å²) in [6, 6.07) is 0. The summed E-state index contributed by atoms with van der Waals surface area (Å²) in [5.41, 5.74) is -0.474. The summed E-state index contributed by atoms with van der Waals surface area (Å²) in [4.78, 5) is 11.5. The summed E-state index contributed by atoms with van der Waals surface area (Å²) in [6.45, 7) is 7.28. The molecule has 0 aromatic heterocycles. The van der Waals surface area contributed by atoms with E-state index in [4.69, 9.17) is 14.2 Å². The highest BCUT2D eigenvalue weighted by Crippen LogP contribution is 2.16. The van der Waals surface area contributed by atoms with E-state index in [0.29, 0.717) is 5.92 Å². The van der Waals surface area contributed by atoms with E-state index in [1.54, 1.807) is 7.11 Å². The van der Waals surface area contributed by atoms with Gasteiger partial charge in [-0.15, -0.1) is 0 Å². The molecule has 1 heterocycles. The number of rotatable bonds is 5. The highest BCUT2D eigenvalue weighted by atomic mass is 16.7. The molecule has 0 amide bonds. The Labute approximate surface area is 103 Å². The van der Waals surface area contributed by atoms with Crippen molar-refractivity contribution in [2.24, 2.45) is 5.92 Å². The van der Waals surface area contributed by atoms with Crippen molar-refractivity contribution in [1.29, 1.82) is 0 Å². The summed E-state index contributed by atoms with van der Waals surface area (Å²) in [7, 11) is 1.60. The topological polar surface area (TPSA) is 56.8 Å². The van der Waals surface area contributed by atoms with Crippen molar-refractivity contribution in [3.8, 4) is 0 Å². The fraction of sp³-hybridized carbons (Fsp3) is 0.917. The Balaban J connectivity index is 2.29. The standard InChI is InChI=1S/C12H23NO4/c1-12(2,3)17-10(14)8-16-11(15-4)9-5-6-13-7-9/h9,11,13H,5-8H2,1-4H3/t9-,11?/m0/s1. The molecule has 0 aromatic rings. The Hall–Kier alpha value is -0.650. The number of hydrogen-bond donors (Lipinski definition) is 1. The predicted molar refractivity (Wildman–Crippen MR) is 63.6 cm³/mol. The van der Waals surface area contributed by atoms with Crippen molar-refractivity contribution in [2.75, 3.05) is 26.8 Å². The van der Waals surface area contributed by atoms with Crippen LogP contribution in [-0.2, 0) is 19.0 Å². The van der Waals surface area contributed by atoms with Gasteiger partial charge in [0.15, 0.2) is 6.29 Å². The minimum absolute atomic E-state index is 0.0632. The van der Waals surface area contributed by atoms with Crippen LogP contribution in [0, 0.1) is 5.92 Å². The van der Waals surface area contributed by atoms with Crippen LogP contribution in [0.25, 0.3) is 0 Å². The highest BCUT2D eigenvalue weighted by Gasteiger charge is 2.26. The number of hydrogen-bond acceptors (Lipinski definition) is 5. The van der Waals surface area contributed by atoms with Gasteiger partial charge in [0.25, 0.3) is 0 Å². The van der Waals surface area contributed by atoms with Gasteiger partial charge < -0.3 is 19.5 Å². The summed E-state index contributed by atoms with van der Waals surface area (Å²) >= 11 is 0. The van der Waals surface area contributed by atoms with Gasteiger partial charge >= 0.3 is 5.97 Å². The minimum Gasteiger partial charge on any atom is -0.458 e. The lowest BCUT2D eigenvalue weighted by Gasteiger charge is -2.23. The maximum absolute atomic E-state index is 11.5. The Kier molecular flexibility index (Phi) is 5.36. The first kappa shape index (κ1) is 14.4. The molecule has 0 radical (unpaired) electrons. The fourth-order valence-electron chi connectivity index (χ4n) is 1.83. The molecule has 0 saturated carbocycles. The molecule has 0 aliphatic carbocycles. The Morgan fingerprint density at radius 1 is 1.47 bits per heavy atom. The third kappa shape index (κ3) is 5.48. The molecule has 0 spiro atoms. The average molecular weight is 245 g/mol. The smallest absolute Gasteiger partial charge is 0.332 e. The molecule has 1 rings (SSSR count). The number of ether oxygens (including phenoxy) is 3. The van der Waals surface area contributed by atoms with E-state index in [1.807, 2.05) is 20.8 Å². The van der Waals surface area contributed by atoms with Crippen molar-refractivity contribution >= 4 is 5.97 Å². The Bertz CT molecular complexity index is 243. The van der Waals surface area contributed by atoms with Crippen LogP contribution in [0.5, 0.6) is 0 Å². The average Bonchev–Trinajstić information content (AvgIpc) is 2.69. The van der Waals surface area contributed by atoms with Crippen molar-refractivity contribution in [3.63, 3.8) is 0 Å². The van der Waals surface area contributed by atoms with Crippen molar-refractivity contribution in [1.82, 2.24) is 5.32 Å². The zero-order valence-electron chi connectivity index (χ0n) is 11.1. The Morgan fingerprint density at radius 2 is 2.18 bits per heavy atom. The van der Waals surface area contributed by atoms with Gasteiger partial charge in [0.05, 0.1) is 0 Å². The molecule has 1 N–H and O–H groups in total. The lowest BCUT2D eigenvalue weighted by molar-refractivity contribution is -0.184. The van der Waals surface area contributed by atoms with Crippen LogP contribution in [0.1, 0.15) is 27.2 Å². The van der Waals surface area contributed by atoms with E-state index in [0.717, 1.165) is 19.5 Å². The molecule has 100 valence electrons. The number of nitrogens with one attached hydrogen (secondary N) is 1. The normalized spacial score (nSPS) is 22.5. The molecule has 0 bridgehead atoms. The van der Waals surface area contributed by atoms with Crippen LogP contribution in [0.3, 0.4) is 0 Å². The Morgan fingerprint density at radius 3 is 2.65 bits per heavy atom. The molecule has 1 unspecified atom stereocenters. The van der Waals surface area contributed by atoms with Gasteiger partial charge in [-0.05, 0) is 33.7 Å². The van der Waals surface area contributed by atoms with Gasteiger partial charge in [0, 0.05) is 19.6 Å². The molecular formula is C12H23NO4. The largest absolute Gasteiger partial charge is 0.458 e. The van der Waals surface area contributed by atoms with E-state index < -0.39 is 5.60 Å². The zero-order valence-corrected chi connectivity index (χ0v) is 11.1. The van der Waals surface area contributed by atoms with Crippen LogP contribution >= 0.6 is 0 Å². The molecule has 5 nitrogen and oxygen atoms in total. The summed E-state index contributed by atoms with van der Waals surface area (Å²) in [5, 5.41) is 3.24. The number of carbonyl (C=O) groups is 1. The van der Waals surface area contributed by atoms with Crippen molar-refractivity contribution in [2.45, 2.75) is 39.1 Å². The van der Waals surface area contributed by atoms with Crippen LogP contribution in [0.15, 0.2) is 0 Å². The summed E-state index contributed by atoms with van der Waals surface area (Å²) in [6.07, 6.45) is 0.671. The number of carbonyl (C=O) groups excluding carboxylic acids is 1. The maximum atomic E-state index is 11.5. The third-order valence-corrected chi connectivity index (χ3v) is 2.50. The van der Waals surface area contributed by atoms with Gasteiger partial charge in [0.2, 0.25) is 0 Å². The van der Waals surface area contributed by atoms with E-state index in [-0.39, 0.29) is 18.9 Å². The number of methoxy groups -OCH3 is 1. The van der Waals surface area contributed by atoms with Crippen LogP contribution in [-0.4, -0.2) is 44.7 Å². The molecule has 1 aliphatic rings. The van der Waals surface area contributed by atoms with Crippen LogP contribution in [0.4, 0.5) is 0 Å². The first-order valence-electron chi connectivity index (χ1n) is 5.99. The molecular weight excluding hydrogens is 222 g/mol. The van der Waals surface area contributed by atoms with Gasteiger partial charge in [-0.1, -0.05) is 0 Å². The fourth-order valence-corrected chi connectivity index (χ4v) is 1.83. The van der Waals surface area contributed by atoms with Crippen molar-refractivity contribution < 1.29 is 19.0 Å². The van der Waals surface area contributed by atoms with E-state index in [9.17, 15) is 4.79 Å². The molecule has 1 saturated heterocycles. The second kappa shape index (κ2) is 6.33. The monoisotopic (exact) mass is 245 g/mol. The summed E-state index contributed by atoms with van der Waals surface area (Å²) in [5.74, 6) is -0.0482. The first-order chi connectivity index (χ1) is 7.92. The number of esters is 1. The van der Waals surface area contributed by atoms with Crippen LogP contribution in [0.2, 0.25) is 0 Å². The molecule has 0 aromatic carbocycles. The van der Waals surface area contributed by atoms with E-state index >= 15 is 0 Å². The van der Waals surface area contributed by atoms with Gasteiger partial charge in [-0.2, -0.15) is 0 Å². The van der Waals surface area contributed by atoms with Crippen LogP contribution < -0.4 is 5.32 Å². The third-order valence-electron chi connectivity index (χ3n) is 2.50. The first-order valence-corrected chi connectivity index (χ1v) is 5.99. The van der Waals surface area contributed by atoms with Gasteiger partial charge in [-0.25, -0.2) is 4.79 Å². The molecule has 17 heavy (non-hydrogen) atoms. The SMILES string of the molecule is COC(OCC(=O)OC(C)(C)C)[C@H]1CCNC1. The lowest BCUT2D eigenvalue weighted by atomic mass is 10.1. The minimum atomic E-state index is -0.474. The van der Waals surface area contributed by atoms with Crippen molar-refractivity contribution in [3.05, 3.63) is 0 Å². The second-order valence-electron chi connectivity index (χ2n) is 5.25. The molecule has 1 aliphatic heterocycles. The predicted octanol–water partition coefficient (Wildman–Crippen LogP) is 0.927. The van der Waals surface area contributed by atoms with E-state index in [1.165, 1.54) is 0 Å². The second-order valence-corrected chi connectivity index (χ2v) is 5.25. The van der Waals surface area contributed by atoms with Gasteiger partial charge in [-0.3, -0.25) is 0 Å². The van der Waals surface area contributed by atoms with Gasteiger partial charge in [0.1, 0.15) is 12.2 Å². The molecule has 1 fully saturated rings. The zero-order chi connectivity index (χ0) is 12.9. The lowest BCUT2D eigenvalue weighted by Crippen LogP contribution is -2.32. The maximum Gasteiger partial charge on any atom is 0.332 e. The highest BCUT2D eigenvalue weighted by molar-refractivity contribution is 5.71. The molecule has 5 heteroatoms. The van der Waals surface area contributed by atoms with E-state index in [2.05, 4.69) is 5.32 Å². The molecule has 2 atom stereocenters. The summed E-state index contributed by atoms with van der Waals surface area (Å²) < 4.78 is 15.9. The quantitative estimate of drug-likeness (QED) is 0.577.